The predicted molar refractivity (Wildman–Crippen MR) is 110 cm³/mol. The van der Waals surface area contributed by atoms with Crippen LogP contribution >= 0.6 is 0 Å². The minimum absolute atomic E-state index is 0.199. The monoisotopic (exact) mass is 448 g/mol. The molecule has 0 bridgehead atoms. The molecule has 0 aliphatic carbocycles. The predicted octanol–water partition coefficient (Wildman–Crippen LogP) is 1.72. The molecule has 9 atom stereocenters. The van der Waals surface area contributed by atoms with Gasteiger partial charge >= 0.3 is 0 Å². The van der Waals surface area contributed by atoms with Crippen LogP contribution in [0.15, 0.2) is 0 Å². The number of hydrogen-bond acceptors (Lipinski definition) is 9. The quantitative estimate of drug-likeness (QED) is 0.483. The summed E-state index contributed by atoms with van der Waals surface area (Å²) in [4.78, 5) is 0. The van der Waals surface area contributed by atoms with Gasteiger partial charge in [-0.2, -0.15) is 0 Å². The van der Waals surface area contributed by atoms with Crippen LogP contribution in [0.2, 0.25) is 0 Å². The number of unbranched alkanes of at least 4 members (excludes halogenated alkanes) is 2. The molecule has 3 aliphatic rings. The Morgan fingerprint density at radius 1 is 0.935 bits per heavy atom. The third kappa shape index (κ3) is 6.16. The van der Waals surface area contributed by atoms with E-state index in [1.165, 1.54) is 0 Å². The maximum atomic E-state index is 11.0. The van der Waals surface area contributed by atoms with Crippen molar-refractivity contribution in [2.75, 3.05) is 19.8 Å². The third-order valence-corrected chi connectivity index (χ3v) is 5.92. The van der Waals surface area contributed by atoms with E-state index in [-0.39, 0.29) is 6.61 Å². The maximum Gasteiger partial charge on any atom is 0.187 e. The number of rotatable bonds is 10. The lowest BCUT2D eigenvalue weighted by Gasteiger charge is -2.44. The van der Waals surface area contributed by atoms with Crippen LogP contribution in [0, 0.1) is 0 Å². The molecule has 182 valence electrons. The fourth-order valence-electron chi connectivity index (χ4n) is 4.22. The smallest absolute Gasteiger partial charge is 0.187 e. The fourth-order valence-corrected chi connectivity index (χ4v) is 4.22. The molecule has 2 N–H and O–H groups in total. The summed E-state index contributed by atoms with van der Waals surface area (Å²) in [5.74, 6) is -0.868. The van der Waals surface area contributed by atoms with E-state index in [4.69, 9.17) is 33.2 Å². The summed E-state index contributed by atoms with van der Waals surface area (Å²) < 4.78 is 41.5. The molecule has 9 heteroatoms. The molecule has 0 spiro atoms. The standard InChI is InChI=1S/C22H40O9/c1-6-8-10-25-14-12-27-21(17(15(14)23)26-11-9-7-2)29-16-13(3)28-20(24)19-18(16)30-22(4,5)31-19/h13-21,23-24H,6-12H2,1-5H3/t13?,14-,15-,16+,17?,18-,19?,20-,21+/m1/s1. The van der Waals surface area contributed by atoms with Gasteiger partial charge in [0.15, 0.2) is 18.4 Å². The summed E-state index contributed by atoms with van der Waals surface area (Å²) in [6.45, 7) is 10.8. The average Bonchev–Trinajstić information content (AvgIpc) is 3.04. The molecule has 3 saturated heterocycles. The van der Waals surface area contributed by atoms with Crippen molar-refractivity contribution in [1.29, 1.82) is 0 Å². The highest BCUT2D eigenvalue weighted by Gasteiger charge is 2.56. The minimum atomic E-state index is -1.10. The topological polar surface area (TPSA) is 105 Å². The largest absolute Gasteiger partial charge is 0.387 e. The average molecular weight is 449 g/mol. The van der Waals surface area contributed by atoms with E-state index in [0.29, 0.717) is 13.2 Å². The lowest BCUT2D eigenvalue weighted by atomic mass is 9.99. The molecule has 3 rings (SSSR count). The Morgan fingerprint density at radius 3 is 2.26 bits per heavy atom. The highest BCUT2D eigenvalue weighted by Crippen LogP contribution is 2.39. The van der Waals surface area contributed by atoms with Crippen LogP contribution in [0.25, 0.3) is 0 Å². The second kappa shape index (κ2) is 11.2. The van der Waals surface area contributed by atoms with E-state index in [1.54, 1.807) is 13.8 Å². The molecule has 3 aliphatic heterocycles. The SMILES string of the molecule is CCCCOC1[C@H](O[C@H]2C(C)O[C@@H](O)C3OC(C)(C)O[C@@H]32)OC[C@@H](OCCCC)[C@H]1O. The zero-order valence-corrected chi connectivity index (χ0v) is 19.4. The second-order valence-corrected chi connectivity index (χ2v) is 9.04. The summed E-state index contributed by atoms with van der Waals surface area (Å²) >= 11 is 0. The Hall–Kier alpha value is -0.360. The Morgan fingerprint density at radius 2 is 1.58 bits per heavy atom. The molecule has 0 aromatic heterocycles. The van der Waals surface area contributed by atoms with Crippen LogP contribution in [-0.2, 0) is 33.2 Å². The molecule has 9 nitrogen and oxygen atoms in total. The van der Waals surface area contributed by atoms with Gasteiger partial charge in [0.25, 0.3) is 0 Å². The molecule has 31 heavy (non-hydrogen) atoms. The number of fused-ring (bicyclic) bond motifs is 1. The molecule has 0 amide bonds. The highest BCUT2D eigenvalue weighted by atomic mass is 16.8. The molecule has 0 aromatic rings. The second-order valence-electron chi connectivity index (χ2n) is 9.04. The van der Waals surface area contributed by atoms with Crippen LogP contribution in [0.3, 0.4) is 0 Å². The van der Waals surface area contributed by atoms with E-state index in [9.17, 15) is 10.2 Å². The highest BCUT2D eigenvalue weighted by molar-refractivity contribution is 4.96. The van der Waals surface area contributed by atoms with Crippen LogP contribution < -0.4 is 0 Å². The summed E-state index contributed by atoms with van der Waals surface area (Å²) in [5, 5.41) is 21.3. The van der Waals surface area contributed by atoms with Gasteiger partial charge in [-0.25, -0.2) is 0 Å². The Labute approximate surface area is 185 Å². The molecular weight excluding hydrogens is 408 g/mol. The van der Waals surface area contributed by atoms with Gasteiger partial charge in [-0.1, -0.05) is 26.7 Å². The number of ether oxygens (including phenoxy) is 7. The van der Waals surface area contributed by atoms with Gasteiger partial charge in [0, 0.05) is 13.2 Å². The lowest BCUT2D eigenvalue weighted by Crippen LogP contribution is -2.61. The van der Waals surface area contributed by atoms with Crippen molar-refractivity contribution in [2.24, 2.45) is 0 Å². The normalized spacial score (nSPS) is 42.5. The van der Waals surface area contributed by atoms with Crippen molar-refractivity contribution in [2.45, 2.75) is 121 Å². The van der Waals surface area contributed by atoms with E-state index >= 15 is 0 Å². The van der Waals surface area contributed by atoms with Crippen molar-refractivity contribution >= 4 is 0 Å². The molecule has 0 saturated carbocycles. The van der Waals surface area contributed by atoms with Crippen LogP contribution in [-0.4, -0.2) is 91.1 Å². The van der Waals surface area contributed by atoms with Crippen LogP contribution in [0.1, 0.15) is 60.3 Å². The Balaban J connectivity index is 1.70. The van der Waals surface area contributed by atoms with E-state index < -0.39 is 61.1 Å². The van der Waals surface area contributed by atoms with Gasteiger partial charge in [0.1, 0.15) is 36.6 Å². The van der Waals surface area contributed by atoms with Gasteiger partial charge < -0.3 is 43.4 Å². The molecule has 3 unspecified atom stereocenters. The van der Waals surface area contributed by atoms with Gasteiger partial charge in [0.2, 0.25) is 0 Å². The van der Waals surface area contributed by atoms with Crippen molar-refractivity contribution in [3.8, 4) is 0 Å². The van der Waals surface area contributed by atoms with Gasteiger partial charge in [-0.3, -0.25) is 0 Å². The zero-order chi connectivity index (χ0) is 22.6. The van der Waals surface area contributed by atoms with E-state index in [0.717, 1.165) is 25.7 Å². The first-order valence-electron chi connectivity index (χ1n) is 11.6. The number of aliphatic hydroxyl groups is 2. The van der Waals surface area contributed by atoms with E-state index in [1.807, 2.05) is 6.92 Å². The molecule has 0 radical (unpaired) electrons. The van der Waals surface area contributed by atoms with Crippen molar-refractivity contribution in [1.82, 2.24) is 0 Å². The number of hydrogen-bond donors (Lipinski definition) is 2. The van der Waals surface area contributed by atoms with Gasteiger partial charge in [-0.05, 0) is 33.6 Å². The van der Waals surface area contributed by atoms with Crippen LogP contribution in [0.4, 0.5) is 0 Å². The lowest BCUT2D eigenvalue weighted by molar-refractivity contribution is -0.333. The number of aliphatic hydroxyl groups excluding tert-OH is 2. The van der Waals surface area contributed by atoms with E-state index in [2.05, 4.69) is 13.8 Å². The Bertz CT molecular complexity index is 545. The van der Waals surface area contributed by atoms with Gasteiger partial charge in [-0.15, -0.1) is 0 Å². The summed E-state index contributed by atoms with van der Waals surface area (Å²) in [6, 6.07) is 0. The first-order valence-corrected chi connectivity index (χ1v) is 11.6. The first kappa shape index (κ1) is 25.3. The maximum absolute atomic E-state index is 11.0. The van der Waals surface area contributed by atoms with Crippen molar-refractivity contribution in [3.05, 3.63) is 0 Å². The minimum Gasteiger partial charge on any atom is -0.387 e. The first-order chi connectivity index (χ1) is 14.8. The fraction of sp³-hybridized carbons (Fsp3) is 1.00. The third-order valence-electron chi connectivity index (χ3n) is 5.92. The molecule has 3 fully saturated rings. The van der Waals surface area contributed by atoms with Crippen molar-refractivity contribution in [3.63, 3.8) is 0 Å². The summed E-state index contributed by atoms with van der Waals surface area (Å²) in [7, 11) is 0. The molecule has 0 aromatic carbocycles. The van der Waals surface area contributed by atoms with Crippen LogP contribution in [0.5, 0.6) is 0 Å². The molecular formula is C22H40O9. The summed E-state index contributed by atoms with van der Waals surface area (Å²) in [6.07, 6.45) is -2.47. The Kier molecular flexibility index (Phi) is 9.11. The summed E-state index contributed by atoms with van der Waals surface area (Å²) in [5.41, 5.74) is 0. The van der Waals surface area contributed by atoms with Crippen molar-refractivity contribution < 1.29 is 43.4 Å². The molecule has 3 heterocycles. The van der Waals surface area contributed by atoms with Gasteiger partial charge in [0.05, 0.1) is 12.7 Å². The zero-order valence-electron chi connectivity index (χ0n) is 19.4.